The third kappa shape index (κ3) is 63.9. The second-order valence-corrected chi connectivity index (χ2v) is 23.1. The maximum Gasteiger partial charge on any atom is 0.306 e. The molecule has 0 bridgehead atoms. The van der Waals surface area contributed by atoms with Gasteiger partial charge < -0.3 is 14.2 Å². The van der Waals surface area contributed by atoms with Gasteiger partial charge in [-0.1, -0.05) is 306 Å². The molecule has 0 aliphatic rings. The van der Waals surface area contributed by atoms with Crippen molar-refractivity contribution < 1.29 is 28.6 Å². The number of ether oxygens (including phenoxy) is 3. The Morgan fingerprint density at radius 3 is 0.846 bits per heavy atom. The van der Waals surface area contributed by atoms with E-state index in [1.807, 2.05) is 0 Å². The number of carbonyl (C=O) groups is 3. The molecule has 1 atom stereocenters. The lowest BCUT2D eigenvalue weighted by Crippen LogP contribution is -2.30. The Labute approximate surface area is 485 Å². The summed E-state index contributed by atoms with van der Waals surface area (Å²) in [6.45, 7) is 6.48. The van der Waals surface area contributed by atoms with Crippen LogP contribution in [-0.2, 0) is 28.6 Å². The molecular weight excluding hydrogens is 961 g/mol. The zero-order chi connectivity index (χ0) is 56.4. The number of hydrogen-bond acceptors (Lipinski definition) is 6. The van der Waals surface area contributed by atoms with E-state index in [0.29, 0.717) is 19.3 Å². The number of esters is 3. The summed E-state index contributed by atoms with van der Waals surface area (Å²) in [5.41, 5.74) is 0. The number of allylic oxidation sites excluding steroid dienone is 10. The molecule has 0 radical (unpaired) electrons. The van der Waals surface area contributed by atoms with Gasteiger partial charge in [0, 0.05) is 19.3 Å². The highest BCUT2D eigenvalue weighted by molar-refractivity contribution is 5.71. The largest absolute Gasteiger partial charge is 0.462 e. The number of hydrogen-bond donors (Lipinski definition) is 0. The van der Waals surface area contributed by atoms with Gasteiger partial charge in [0.25, 0.3) is 0 Å². The molecule has 0 aliphatic heterocycles. The quantitative estimate of drug-likeness (QED) is 0.0261. The predicted octanol–water partition coefficient (Wildman–Crippen LogP) is 23.5. The molecule has 6 nitrogen and oxygen atoms in total. The van der Waals surface area contributed by atoms with Gasteiger partial charge in [0.05, 0.1) is 0 Å². The van der Waals surface area contributed by atoms with E-state index in [9.17, 15) is 14.4 Å². The molecule has 0 heterocycles. The average Bonchev–Trinajstić information content (AvgIpc) is 3.44. The monoisotopic (exact) mass is 1090 g/mol. The third-order valence-corrected chi connectivity index (χ3v) is 15.2. The van der Waals surface area contributed by atoms with E-state index in [-0.39, 0.29) is 31.1 Å². The van der Waals surface area contributed by atoms with Crippen molar-refractivity contribution in [2.24, 2.45) is 0 Å². The summed E-state index contributed by atoms with van der Waals surface area (Å²) in [5.74, 6) is -0.894. The van der Waals surface area contributed by atoms with Crippen molar-refractivity contribution in [3.8, 4) is 0 Å². The van der Waals surface area contributed by atoms with Gasteiger partial charge in [-0.25, -0.2) is 0 Å². The minimum Gasteiger partial charge on any atom is -0.462 e. The van der Waals surface area contributed by atoms with Crippen LogP contribution in [0.1, 0.15) is 361 Å². The van der Waals surface area contributed by atoms with Gasteiger partial charge >= 0.3 is 17.9 Å². The van der Waals surface area contributed by atoms with Gasteiger partial charge in [0.2, 0.25) is 0 Å². The Morgan fingerprint density at radius 1 is 0.269 bits per heavy atom. The molecule has 0 saturated heterocycles. The van der Waals surface area contributed by atoms with Gasteiger partial charge in [-0.2, -0.15) is 0 Å². The zero-order valence-corrected chi connectivity index (χ0v) is 52.2. The van der Waals surface area contributed by atoms with E-state index in [4.69, 9.17) is 14.2 Å². The Kier molecular flexibility index (Phi) is 64.2. The highest BCUT2D eigenvalue weighted by Gasteiger charge is 2.19. The minimum atomic E-state index is -0.785. The van der Waals surface area contributed by atoms with Crippen LogP contribution in [0.15, 0.2) is 60.8 Å². The smallest absolute Gasteiger partial charge is 0.306 e. The van der Waals surface area contributed by atoms with Crippen LogP contribution in [0.4, 0.5) is 0 Å². The second kappa shape index (κ2) is 66.6. The third-order valence-electron chi connectivity index (χ3n) is 15.2. The Balaban J connectivity index is 4.00. The predicted molar refractivity (Wildman–Crippen MR) is 339 cm³/mol. The van der Waals surface area contributed by atoms with E-state index in [1.165, 1.54) is 212 Å². The van der Waals surface area contributed by atoms with E-state index < -0.39 is 6.10 Å². The minimum absolute atomic E-state index is 0.0811. The maximum atomic E-state index is 12.9. The molecule has 6 heteroatoms. The van der Waals surface area contributed by atoms with Gasteiger partial charge in [0.15, 0.2) is 6.10 Å². The summed E-state index contributed by atoms with van der Waals surface area (Å²) >= 11 is 0. The molecule has 1 unspecified atom stereocenters. The molecule has 0 fully saturated rings. The van der Waals surface area contributed by atoms with Gasteiger partial charge in [-0.3, -0.25) is 14.4 Å². The van der Waals surface area contributed by atoms with Crippen molar-refractivity contribution >= 4 is 17.9 Å². The first-order chi connectivity index (χ1) is 38.5. The first-order valence-corrected chi connectivity index (χ1v) is 34.3. The molecule has 454 valence electrons. The molecule has 0 rings (SSSR count). The molecule has 0 spiro atoms. The molecule has 0 aromatic rings. The molecule has 0 saturated carbocycles. The average molecular weight is 1090 g/mol. The van der Waals surface area contributed by atoms with E-state index in [2.05, 4.69) is 81.5 Å². The molecule has 78 heavy (non-hydrogen) atoms. The van der Waals surface area contributed by atoms with Crippen LogP contribution in [0.3, 0.4) is 0 Å². The fraction of sp³-hybridized carbons (Fsp3) is 0.819. The normalized spacial score (nSPS) is 12.4. The lowest BCUT2D eigenvalue weighted by molar-refractivity contribution is -0.167. The molecule has 0 aliphatic carbocycles. The van der Waals surface area contributed by atoms with Crippen LogP contribution in [0.2, 0.25) is 0 Å². The lowest BCUT2D eigenvalue weighted by atomic mass is 10.0. The Bertz CT molecular complexity index is 1390. The van der Waals surface area contributed by atoms with E-state index in [0.717, 1.165) is 109 Å². The first kappa shape index (κ1) is 75.1. The Morgan fingerprint density at radius 2 is 0.526 bits per heavy atom. The van der Waals surface area contributed by atoms with Crippen LogP contribution >= 0.6 is 0 Å². The second-order valence-electron chi connectivity index (χ2n) is 23.1. The summed E-state index contributed by atoms with van der Waals surface area (Å²) in [5, 5.41) is 0. The lowest BCUT2D eigenvalue weighted by Gasteiger charge is -2.18. The van der Waals surface area contributed by atoms with Crippen molar-refractivity contribution in [2.45, 2.75) is 367 Å². The van der Waals surface area contributed by atoms with Crippen LogP contribution in [0.5, 0.6) is 0 Å². The van der Waals surface area contributed by atoms with Crippen molar-refractivity contribution in [1.29, 1.82) is 0 Å². The van der Waals surface area contributed by atoms with E-state index >= 15 is 0 Å². The SMILES string of the molecule is CC/C=C\C/C=C\C/C=C\CCCCCCCC(=O)OC(COC(=O)CCCCCCC/C=C\CCC)COC(=O)CCCCCCCCCCCCCCCCCCCCCCCCC/C=C\CCCCCCCCCC. The van der Waals surface area contributed by atoms with Gasteiger partial charge in [0.1, 0.15) is 13.2 Å². The Hall–Kier alpha value is -2.89. The summed E-state index contributed by atoms with van der Waals surface area (Å²) in [7, 11) is 0. The van der Waals surface area contributed by atoms with Gasteiger partial charge in [-0.15, -0.1) is 0 Å². The fourth-order valence-corrected chi connectivity index (χ4v) is 10.1. The van der Waals surface area contributed by atoms with Crippen molar-refractivity contribution in [3.63, 3.8) is 0 Å². The molecule has 0 aromatic carbocycles. The number of carbonyl (C=O) groups excluding carboxylic acids is 3. The van der Waals surface area contributed by atoms with Crippen LogP contribution < -0.4 is 0 Å². The maximum absolute atomic E-state index is 12.9. The topological polar surface area (TPSA) is 78.9 Å². The summed E-state index contributed by atoms with van der Waals surface area (Å²) in [6.07, 6.45) is 85.7. The van der Waals surface area contributed by atoms with Crippen LogP contribution in [-0.4, -0.2) is 37.2 Å². The van der Waals surface area contributed by atoms with Crippen LogP contribution in [0, 0.1) is 0 Å². The zero-order valence-electron chi connectivity index (χ0n) is 52.2. The number of rotatable bonds is 63. The van der Waals surface area contributed by atoms with Crippen molar-refractivity contribution in [2.75, 3.05) is 13.2 Å². The highest BCUT2D eigenvalue weighted by atomic mass is 16.6. The molecule has 0 aromatic heterocycles. The van der Waals surface area contributed by atoms with Crippen LogP contribution in [0.25, 0.3) is 0 Å². The standard InChI is InChI=1S/C72H130O6/c1-4-7-10-13-16-19-22-24-26-27-28-29-30-31-32-33-34-35-36-37-38-39-40-41-42-43-44-45-47-48-50-53-56-59-62-65-71(74)77-68-69(67-76-70(73)64-61-58-55-52-21-18-15-12-9-6-3)78-72(75)66-63-60-57-54-51-49-46-25-23-20-17-14-11-8-5-2/h8,11-12,15,17,20,25,27-28,46,69H,4-7,9-10,13-14,16,18-19,21-24,26,29-45,47-68H2,1-3H3/b11-8-,15-12-,20-17-,28-27-,46-25-. The van der Waals surface area contributed by atoms with Crippen molar-refractivity contribution in [1.82, 2.24) is 0 Å². The molecule has 0 amide bonds. The summed E-state index contributed by atoms with van der Waals surface area (Å²) < 4.78 is 16.9. The summed E-state index contributed by atoms with van der Waals surface area (Å²) in [4.78, 5) is 38.2. The number of unbranched alkanes of at least 4 members (excludes halogenated alkanes) is 42. The van der Waals surface area contributed by atoms with Gasteiger partial charge in [-0.05, 0) is 96.3 Å². The van der Waals surface area contributed by atoms with Crippen molar-refractivity contribution in [3.05, 3.63) is 60.8 Å². The molecular formula is C72H130O6. The highest BCUT2D eigenvalue weighted by Crippen LogP contribution is 2.18. The molecule has 0 N–H and O–H groups in total. The fourth-order valence-electron chi connectivity index (χ4n) is 10.1. The first-order valence-electron chi connectivity index (χ1n) is 34.3. The summed E-state index contributed by atoms with van der Waals surface area (Å²) in [6, 6.07) is 0. The van der Waals surface area contributed by atoms with E-state index in [1.54, 1.807) is 0 Å².